The van der Waals surface area contributed by atoms with Crippen molar-refractivity contribution < 1.29 is 19.1 Å². The van der Waals surface area contributed by atoms with Crippen LogP contribution in [0.4, 0.5) is 17.1 Å². The molecule has 186 valence electrons. The molecule has 1 aliphatic rings. The Hall–Kier alpha value is -4.04. The molecule has 1 fully saturated rings. The molecule has 0 aromatic heterocycles. The van der Waals surface area contributed by atoms with Crippen LogP contribution in [-0.2, 0) is 20.8 Å². The van der Waals surface area contributed by atoms with Gasteiger partial charge in [-0.2, -0.15) is 0 Å². The molecule has 1 saturated heterocycles. The summed E-state index contributed by atoms with van der Waals surface area (Å²) in [6.45, 7) is 2.12. The van der Waals surface area contributed by atoms with Crippen LogP contribution in [0.5, 0.6) is 5.75 Å². The third-order valence-electron chi connectivity index (χ3n) is 5.83. The first-order valence-electron chi connectivity index (χ1n) is 11.7. The summed E-state index contributed by atoms with van der Waals surface area (Å²) in [5.41, 5.74) is 8.45. The number of para-hydroxylation sites is 1. The quantitative estimate of drug-likeness (QED) is 0.373. The molecule has 36 heavy (non-hydrogen) atoms. The van der Waals surface area contributed by atoms with Gasteiger partial charge in [-0.05, 0) is 54.4 Å². The molecule has 0 saturated carbocycles. The highest BCUT2D eigenvalue weighted by Gasteiger charge is 2.35. The van der Waals surface area contributed by atoms with Crippen molar-refractivity contribution in [1.29, 1.82) is 0 Å². The second-order valence-corrected chi connectivity index (χ2v) is 8.82. The van der Waals surface area contributed by atoms with Gasteiger partial charge < -0.3 is 15.0 Å². The number of anilines is 3. The lowest BCUT2D eigenvalue weighted by atomic mass is 10.1. The number of rotatable bonds is 9. The van der Waals surface area contributed by atoms with Crippen LogP contribution in [0.1, 0.15) is 18.9 Å². The van der Waals surface area contributed by atoms with Crippen molar-refractivity contribution in [2.45, 2.75) is 19.8 Å². The molecule has 1 heterocycles. The number of hydrogen-bond donors (Lipinski definition) is 3. The number of ether oxygens (including phenoxy) is 1. The summed E-state index contributed by atoms with van der Waals surface area (Å²) in [6.07, 6.45) is 1.03. The second kappa shape index (κ2) is 11.6. The van der Waals surface area contributed by atoms with Crippen LogP contribution in [0.25, 0.3) is 0 Å². The Kier molecular flexibility index (Phi) is 8.07. The Labute approximate surface area is 214 Å². The lowest BCUT2D eigenvalue weighted by molar-refractivity contribution is -0.125. The number of halogens is 1. The van der Waals surface area contributed by atoms with E-state index in [-0.39, 0.29) is 37.3 Å². The maximum absolute atomic E-state index is 12.8. The Morgan fingerprint density at radius 2 is 1.81 bits per heavy atom. The first-order chi connectivity index (χ1) is 17.4. The predicted molar refractivity (Wildman–Crippen MR) is 140 cm³/mol. The number of carbonyl (C=O) groups is 3. The molecule has 0 bridgehead atoms. The molecule has 1 aliphatic heterocycles. The molecule has 8 nitrogen and oxygen atoms in total. The van der Waals surface area contributed by atoms with Crippen molar-refractivity contribution in [3.8, 4) is 5.75 Å². The number of benzene rings is 3. The Morgan fingerprint density at radius 1 is 1.06 bits per heavy atom. The van der Waals surface area contributed by atoms with Crippen molar-refractivity contribution >= 4 is 46.4 Å². The fourth-order valence-electron chi connectivity index (χ4n) is 3.86. The van der Waals surface area contributed by atoms with Crippen LogP contribution in [0, 0.1) is 5.92 Å². The van der Waals surface area contributed by atoms with Crippen LogP contribution in [-0.4, -0.2) is 30.9 Å². The lowest BCUT2D eigenvalue weighted by Gasteiger charge is -2.18. The standard InChI is InChI=1S/C27H27ClN4O4/c1-2-18-8-11-21(12-9-18)29-25(33)17-36-24-13-10-20(28)15-23(24)30-31-27(35)19-14-26(34)32(16-19)22-6-4-3-5-7-22/h3-13,15,19,30H,2,14,16-17H2,1H3,(H,29,33)(H,31,35)/t19-/m0/s1. The number of carbonyl (C=O) groups excluding carboxylic acids is 3. The van der Waals surface area contributed by atoms with Crippen molar-refractivity contribution in [3.05, 3.63) is 83.4 Å². The fraction of sp³-hybridized carbons (Fsp3) is 0.222. The van der Waals surface area contributed by atoms with Gasteiger partial charge in [-0.1, -0.05) is 48.9 Å². The predicted octanol–water partition coefficient (Wildman–Crippen LogP) is 4.42. The maximum atomic E-state index is 12.8. The summed E-state index contributed by atoms with van der Waals surface area (Å²) in [5.74, 6) is -0.942. The highest BCUT2D eigenvalue weighted by Crippen LogP contribution is 2.28. The number of hydrogen-bond acceptors (Lipinski definition) is 5. The van der Waals surface area contributed by atoms with Crippen molar-refractivity contribution in [2.75, 3.05) is 28.8 Å². The molecule has 3 aromatic carbocycles. The zero-order valence-electron chi connectivity index (χ0n) is 19.8. The van der Waals surface area contributed by atoms with Crippen molar-refractivity contribution in [3.63, 3.8) is 0 Å². The van der Waals surface area contributed by atoms with Gasteiger partial charge >= 0.3 is 0 Å². The van der Waals surface area contributed by atoms with E-state index in [1.807, 2.05) is 54.6 Å². The van der Waals surface area contributed by atoms with Crippen molar-refractivity contribution in [2.24, 2.45) is 5.92 Å². The van der Waals surface area contributed by atoms with Crippen LogP contribution >= 0.6 is 11.6 Å². The summed E-state index contributed by atoms with van der Waals surface area (Å²) in [7, 11) is 0. The average Bonchev–Trinajstić information content (AvgIpc) is 3.29. The number of aryl methyl sites for hydroxylation is 1. The zero-order chi connectivity index (χ0) is 25.5. The largest absolute Gasteiger partial charge is 0.482 e. The van der Waals surface area contributed by atoms with E-state index >= 15 is 0 Å². The van der Waals surface area contributed by atoms with Gasteiger partial charge in [-0.25, -0.2) is 0 Å². The molecule has 0 aliphatic carbocycles. The minimum absolute atomic E-state index is 0.108. The molecule has 0 spiro atoms. The topological polar surface area (TPSA) is 99.8 Å². The third kappa shape index (κ3) is 6.34. The summed E-state index contributed by atoms with van der Waals surface area (Å²) in [6, 6.07) is 21.6. The molecular weight excluding hydrogens is 480 g/mol. The Bertz CT molecular complexity index is 1230. The first kappa shape index (κ1) is 25.1. The average molecular weight is 507 g/mol. The van der Waals surface area contributed by atoms with Crippen LogP contribution in [0.15, 0.2) is 72.8 Å². The maximum Gasteiger partial charge on any atom is 0.262 e. The van der Waals surface area contributed by atoms with E-state index in [1.165, 1.54) is 5.56 Å². The lowest BCUT2D eigenvalue weighted by Crippen LogP contribution is -2.36. The Morgan fingerprint density at radius 3 is 2.53 bits per heavy atom. The summed E-state index contributed by atoms with van der Waals surface area (Å²) in [4.78, 5) is 39.1. The van der Waals surface area contributed by atoms with Gasteiger partial charge in [0.2, 0.25) is 11.8 Å². The third-order valence-corrected chi connectivity index (χ3v) is 6.07. The molecule has 0 radical (unpaired) electrons. The van der Waals surface area contributed by atoms with E-state index in [2.05, 4.69) is 23.1 Å². The molecule has 1 atom stereocenters. The van der Waals surface area contributed by atoms with Gasteiger partial charge in [0.25, 0.3) is 5.91 Å². The van der Waals surface area contributed by atoms with Gasteiger partial charge in [-0.15, -0.1) is 0 Å². The normalized spacial score (nSPS) is 14.9. The minimum atomic E-state index is -0.515. The number of amides is 3. The highest BCUT2D eigenvalue weighted by molar-refractivity contribution is 6.31. The van der Waals surface area contributed by atoms with E-state index in [9.17, 15) is 14.4 Å². The zero-order valence-corrected chi connectivity index (χ0v) is 20.5. The van der Waals surface area contributed by atoms with E-state index in [0.29, 0.717) is 22.1 Å². The molecule has 3 aromatic rings. The van der Waals surface area contributed by atoms with Gasteiger partial charge in [0.15, 0.2) is 6.61 Å². The Balaban J connectivity index is 1.32. The second-order valence-electron chi connectivity index (χ2n) is 8.38. The molecule has 3 N–H and O–H groups in total. The van der Waals surface area contributed by atoms with Crippen molar-refractivity contribution in [1.82, 2.24) is 5.43 Å². The first-order valence-corrected chi connectivity index (χ1v) is 12.0. The number of nitrogens with one attached hydrogen (secondary N) is 3. The molecule has 3 amide bonds. The summed E-state index contributed by atoms with van der Waals surface area (Å²) < 4.78 is 5.67. The summed E-state index contributed by atoms with van der Waals surface area (Å²) >= 11 is 6.12. The van der Waals surface area contributed by atoms with E-state index in [1.54, 1.807) is 23.1 Å². The highest BCUT2D eigenvalue weighted by atomic mass is 35.5. The van der Waals surface area contributed by atoms with Gasteiger partial charge in [0, 0.05) is 29.4 Å². The SMILES string of the molecule is CCc1ccc(NC(=O)COc2ccc(Cl)cc2NNC(=O)[C@H]2CC(=O)N(c3ccccc3)C2)cc1. The van der Waals surface area contributed by atoms with Crippen LogP contribution < -0.4 is 25.8 Å². The number of nitrogens with zero attached hydrogens (tertiary/aromatic N) is 1. The van der Waals surface area contributed by atoms with E-state index < -0.39 is 5.92 Å². The molecular formula is C27H27ClN4O4. The van der Waals surface area contributed by atoms with Gasteiger partial charge in [0.1, 0.15) is 5.75 Å². The van der Waals surface area contributed by atoms with Gasteiger partial charge in [-0.3, -0.25) is 25.2 Å². The van der Waals surface area contributed by atoms with E-state index in [0.717, 1.165) is 12.1 Å². The molecule has 0 unspecified atom stereocenters. The molecule has 4 rings (SSSR count). The van der Waals surface area contributed by atoms with Crippen LogP contribution in [0.3, 0.4) is 0 Å². The summed E-state index contributed by atoms with van der Waals surface area (Å²) in [5, 5.41) is 3.21. The smallest absolute Gasteiger partial charge is 0.262 e. The number of hydrazine groups is 1. The fourth-order valence-corrected chi connectivity index (χ4v) is 4.03. The molecule has 9 heteroatoms. The van der Waals surface area contributed by atoms with Gasteiger partial charge in [0.05, 0.1) is 11.6 Å². The minimum Gasteiger partial charge on any atom is -0.482 e. The monoisotopic (exact) mass is 506 g/mol. The van der Waals surface area contributed by atoms with Crippen LogP contribution in [0.2, 0.25) is 5.02 Å². The van der Waals surface area contributed by atoms with E-state index in [4.69, 9.17) is 16.3 Å².